The number of ether oxygens (including phenoxy) is 2. The number of hydrogen-bond donors (Lipinski definition) is 1. The summed E-state index contributed by atoms with van der Waals surface area (Å²) < 4.78 is 12.5. The van der Waals surface area contributed by atoms with Crippen molar-refractivity contribution in [2.45, 2.75) is 33.9 Å². The van der Waals surface area contributed by atoms with Crippen LogP contribution < -0.4 is 14.8 Å². The molecule has 0 bridgehead atoms. The van der Waals surface area contributed by atoms with Crippen molar-refractivity contribution in [3.8, 4) is 11.5 Å². The smallest absolute Gasteiger partial charge is 0.162 e. The van der Waals surface area contributed by atoms with Gasteiger partial charge in [-0.05, 0) is 42.6 Å². The molecule has 0 aliphatic carbocycles. The molecule has 2 aromatic rings. The number of rotatable bonds is 8. The van der Waals surface area contributed by atoms with Gasteiger partial charge in [0.25, 0.3) is 0 Å². The Morgan fingerprint density at radius 1 is 1.08 bits per heavy atom. The van der Waals surface area contributed by atoms with Gasteiger partial charge in [-0.25, -0.2) is 0 Å². The summed E-state index contributed by atoms with van der Waals surface area (Å²) in [4.78, 5) is 0. The molecule has 0 spiro atoms. The number of aryl methyl sites for hydroxylation is 1. The first-order valence-corrected chi connectivity index (χ1v) is 9.04. The normalized spacial score (nSPS) is 10.9. The van der Waals surface area contributed by atoms with Crippen molar-refractivity contribution in [1.29, 1.82) is 0 Å². The molecule has 3 nitrogen and oxygen atoms in total. The lowest BCUT2D eigenvalue weighted by molar-refractivity contribution is 0.284. The van der Waals surface area contributed by atoms with E-state index in [4.69, 9.17) is 9.47 Å². The molecule has 1 N–H and O–H groups in total. The van der Waals surface area contributed by atoms with Gasteiger partial charge in [-0.15, -0.1) is 0 Å². The monoisotopic (exact) mass is 391 g/mol. The molecule has 0 saturated carbocycles. The second kappa shape index (κ2) is 9.09. The van der Waals surface area contributed by atoms with Crippen LogP contribution in [0.1, 0.15) is 30.5 Å². The predicted octanol–water partition coefficient (Wildman–Crippen LogP) is 5.09. The molecule has 0 radical (unpaired) electrons. The number of benzene rings is 2. The Bertz CT molecular complexity index is 653. The van der Waals surface area contributed by atoms with Gasteiger partial charge in [-0.2, -0.15) is 0 Å². The maximum Gasteiger partial charge on any atom is 0.162 e. The fraction of sp³-hybridized carbons (Fsp3) is 0.400. The first-order valence-electron chi connectivity index (χ1n) is 8.25. The Morgan fingerprint density at radius 2 is 1.79 bits per heavy atom. The van der Waals surface area contributed by atoms with Crippen molar-refractivity contribution < 1.29 is 9.47 Å². The summed E-state index contributed by atoms with van der Waals surface area (Å²) in [5.41, 5.74) is 3.55. The first kappa shape index (κ1) is 18.8. The molecule has 4 heteroatoms. The van der Waals surface area contributed by atoms with Gasteiger partial charge in [0, 0.05) is 11.0 Å². The van der Waals surface area contributed by atoms with Gasteiger partial charge in [0.1, 0.15) is 6.61 Å². The van der Waals surface area contributed by atoms with E-state index in [9.17, 15) is 0 Å². The molecule has 0 aromatic heterocycles. The molecular weight excluding hydrogens is 366 g/mol. The number of nitrogens with one attached hydrogen (secondary N) is 1. The molecule has 2 rings (SSSR count). The fourth-order valence-electron chi connectivity index (χ4n) is 2.33. The largest absolute Gasteiger partial charge is 0.493 e. The summed E-state index contributed by atoms with van der Waals surface area (Å²) in [7, 11) is 1.67. The zero-order chi connectivity index (χ0) is 17.5. The summed E-state index contributed by atoms with van der Waals surface area (Å²) in [5.74, 6) is 2.13. The zero-order valence-electron chi connectivity index (χ0n) is 14.9. The van der Waals surface area contributed by atoms with Crippen LogP contribution in [0.5, 0.6) is 11.5 Å². The highest BCUT2D eigenvalue weighted by Gasteiger charge is 2.11. The molecule has 0 saturated heterocycles. The van der Waals surface area contributed by atoms with E-state index < -0.39 is 0 Å². The third-order valence-electron chi connectivity index (χ3n) is 3.72. The Kier molecular flexibility index (Phi) is 7.13. The number of halogens is 1. The standard InChI is InChI=1S/C20H26BrNO2/c1-14(2)11-22-12-17-9-19(23-4)20(10-18(17)21)24-13-16-7-5-15(3)6-8-16/h5-10,14,22H,11-13H2,1-4H3. The van der Waals surface area contributed by atoms with Gasteiger partial charge in [0.05, 0.1) is 7.11 Å². The molecule has 0 aliphatic heterocycles. The summed E-state index contributed by atoms with van der Waals surface area (Å²) in [6.45, 7) is 8.79. The Hall–Kier alpha value is -1.52. The Labute approximate surface area is 153 Å². The van der Waals surface area contributed by atoms with Crippen LogP contribution in [-0.4, -0.2) is 13.7 Å². The van der Waals surface area contributed by atoms with Crippen molar-refractivity contribution in [2.24, 2.45) is 5.92 Å². The van der Waals surface area contributed by atoms with Crippen LogP contribution in [0.2, 0.25) is 0 Å². The van der Waals surface area contributed by atoms with E-state index in [-0.39, 0.29) is 0 Å². The van der Waals surface area contributed by atoms with Crippen molar-refractivity contribution in [3.63, 3.8) is 0 Å². The maximum absolute atomic E-state index is 5.96. The lowest BCUT2D eigenvalue weighted by atomic mass is 10.1. The summed E-state index contributed by atoms with van der Waals surface area (Å²) >= 11 is 3.64. The minimum Gasteiger partial charge on any atom is -0.493 e. The molecule has 0 atom stereocenters. The highest BCUT2D eigenvalue weighted by atomic mass is 79.9. The van der Waals surface area contributed by atoms with Gasteiger partial charge in [0.15, 0.2) is 11.5 Å². The highest BCUT2D eigenvalue weighted by Crippen LogP contribution is 2.34. The molecule has 0 amide bonds. The van der Waals surface area contributed by atoms with E-state index >= 15 is 0 Å². The van der Waals surface area contributed by atoms with Crippen LogP contribution in [-0.2, 0) is 13.2 Å². The molecule has 130 valence electrons. The fourth-order valence-corrected chi connectivity index (χ4v) is 2.79. The van der Waals surface area contributed by atoms with Gasteiger partial charge >= 0.3 is 0 Å². The average Bonchev–Trinajstić information content (AvgIpc) is 2.55. The number of hydrogen-bond acceptors (Lipinski definition) is 3. The van der Waals surface area contributed by atoms with E-state index in [2.05, 4.69) is 66.3 Å². The quantitative estimate of drug-likeness (QED) is 0.679. The van der Waals surface area contributed by atoms with E-state index in [1.807, 2.05) is 12.1 Å². The lowest BCUT2D eigenvalue weighted by Crippen LogP contribution is -2.19. The van der Waals surface area contributed by atoms with Gasteiger partial charge in [0.2, 0.25) is 0 Å². The van der Waals surface area contributed by atoms with Crippen LogP contribution in [0.3, 0.4) is 0 Å². The van der Waals surface area contributed by atoms with Crippen LogP contribution in [0, 0.1) is 12.8 Å². The Morgan fingerprint density at radius 3 is 2.42 bits per heavy atom. The molecule has 0 aliphatic rings. The third kappa shape index (κ3) is 5.53. The van der Waals surface area contributed by atoms with Crippen LogP contribution in [0.4, 0.5) is 0 Å². The average molecular weight is 392 g/mol. The van der Waals surface area contributed by atoms with Crippen molar-refractivity contribution in [1.82, 2.24) is 5.32 Å². The lowest BCUT2D eigenvalue weighted by Gasteiger charge is -2.15. The minimum absolute atomic E-state index is 0.522. The molecule has 2 aromatic carbocycles. The molecule has 0 unspecified atom stereocenters. The van der Waals surface area contributed by atoms with E-state index in [0.717, 1.165) is 40.2 Å². The van der Waals surface area contributed by atoms with Crippen LogP contribution in [0.15, 0.2) is 40.9 Å². The van der Waals surface area contributed by atoms with Gasteiger partial charge in [-0.3, -0.25) is 0 Å². The van der Waals surface area contributed by atoms with Crippen molar-refractivity contribution in [2.75, 3.05) is 13.7 Å². The van der Waals surface area contributed by atoms with Gasteiger partial charge in [-0.1, -0.05) is 59.6 Å². The second-order valence-electron chi connectivity index (χ2n) is 6.39. The van der Waals surface area contributed by atoms with Crippen LogP contribution in [0.25, 0.3) is 0 Å². The summed E-state index contributed by atoms with van der Waals surface area (Å²) in [5, 5.41) is 3.45. The molecule has 0 fully saturated rings. The minimum atomic E-state index is 0.522. The second-order valence-corrected chi connectivity index (χ2v) is 7.25. The topological polar surface area (TPSA) is 30.5 Å². The Balaban J connectivity index is 2.06. The van der Waals surface area contributed by atoms with Crippen molar-refractivity contribution in [3.05, 3.63) is 57.6 Å². The van der Waals surface area contributed by atoms with E-state index in [1.165, 1.54) is 5.56 Å². The first-order chi connectivity index (χ1) is 11.5. The summed E-state index contributed by atoms with van der Waals surface area (Å²) in [6.07, 6.45) is 0. The number of methoxy groups -OCH3 is 1. The van der Waals surface area contributed by atoms with E-state index in [0.29, 0.717) is 12.5 Å². The SMILES string of the molecule is COc1cc(CNCC(C)C)c(Br)cc1OCc1ccc(C)cc1. The molecular formula is C20H26BrNO2. The third-order valence-corrected chi connectivity index (χ3v) is 4.45. The van der Waals surface area contributed by atoms with Crippen molar-refractivity contribution >= 4 is 15.9 Å². The highest BCUT2D eigenvalue weighted by molar-refractivity contribution is 9.10. The van der Waals surface area contributed by atoms with E-state index in [1.54, 1.807) is 7.11 Å². The molecule has 0 heterocycles. The zero-order valence-corrected chi connectivity index (χ0v) is 16.4. The van der Waals surface area contributed by atoms with Gasteiger partial charge < -0.3 is 14.8 Å². The van der Waals surface area contributed by atoms with Crippen LogP contribution >= 0.6 is 15.9 Å². The molecule has 24 heavy (non-hydrogen) atoms. The predicted molar refractivity (Wildman–Crippen MR) is 103 cm³/mol. The summed E-state index contributed by atoms with van der Waals surface area (Å²) in [6, 6.07) is 12.4. The maximum atomic E-state index is 5.96.